The summed E-state index contributed by atoms with van der Waals surface area (Å²) in [6.45, 7) is 0. The number of aliphatic imine (C=N–C) groups is 1. The predicted octanol–water partition coefficient (Wildman–Crippen LogP) is 2.50. The molecule has 0 aliphatic carbocycles. The Labute approximate surface area is 159 Å². The standard InChI is InChI=1S/C17H13NO8S2/c19-15-4-2-1-3-10(15)9-18-14-7-12(27(21,22)23)5-11-6-13(28(24,25)26)8-16(20)17(11)14/h1-9,19-20H,(H,21,22,23)(H,24,25,26)/b18-9+. The van der Waals surface area contributed by atoms with E-state index < -0.39 is 35.8 Å². The lowest BCUT2D eigenvalue weighted by molar-refractivity contribution is 0.471. The SMILES string of the molecule is O=S(=O)(O)c1cc(O)c2c(/N=C/c3ccccc3O)cc(S(=O)(=O)O)cc2c1. The third-order valence-corrected chi connectivity index (χ3v) is 5.49. The molecule has 0 spiro atoms. The summed E-state index contributed by atoms with van der Waals surface area (Å²) in [6, 6.07) is 9.77. The largest absolute Gasteiger partial charge is 0.507 e. The van der Waals surface area contributed by atoms with Gasteiger partial charge in [-0.05, 0) is 35.7 Å². The average Bonchev–Trinajstić information content (AvgIpc) is 2.58. The molecule has 0 bridgehead atoms. The molecule has 0 fully saturated rings. The first kappa shape index (κ1) is 19.8. The van der Waals surface area contributed by atoms with Crippen LogP contribution in [0, 0.1) is 0 Å². The summed E-state index contributed by atoms with van der Waals surface area (Å²) in [5, 5.41) is 19.9. The fourth-order valence-corrected chi connectivity index (χ4v) is 3.63. The maximum Gasteiger partial charge on any atom is 0.294 e. The van der Waals surface area contributed by atoms with Crippen molar-refractivity contribution in [1.29, 1.82) is 0 Å². The molecular formula is C17H13NO8S2. The summed E-state index contributed by atoms with van der Waals surface area (Å²) in [5.74, 6) is -0.684. The Bertz CT molecular complexity index is 1320. The van der Waals surface area contributed by atoms with Gasteiger partial charge in [-0.1, -0.05) is 12.1 Å². The topological polar surface area (TPSA) is 162 Å². The van der Waals surface area contributed by atoms with Gasteiger partial charge >= 0.3 is 0 Å². The van der Waals surface area contributed by atoms with Crippen molar-refractivity contribution in [1.82, 2.24) is 0 Å². The molecule has 0 amide bonds. The zero-order valence-corrected chi connectivity index (χ0v) is 15.5. The molecule has 3 aromatic rings. The molecule has 146 valence electrons. The van der Waals surface area contributed by atoms with Crippen LogP contribution in [0.3, 0.4) is 0 Å². The van der Waals surface area contributed by atoms with E-state index in [2.05, 4.69) is 4.99 Å². The van der Waals surface area contributed by atoms with Crippen LogP contribution in [0.15, 0.2) is 63.3 Å². The minimum Gasteiger partial charge on any atom is -0.507 e. The summed E-state index contributed by atoms with van der Waals surface area (Å²) in [4.78, 5) is 2.79. The zero-order chi connectivity index (χ0) is 20.7. The van der Waals surface area contributed by atoms with Crippen LogP contribution in [-0.2, 0) is 20.2 Å². The molecule has 0 atom stereocenters. The molecule has 3 rings (SSSR count). The second kappa shape index (κ2) is 6.87. The molecule has 9 nitrogen and oxygen atoms in total. The molecule has 4 N–H and O–H groups in total. The molecule has 0 aliphatic heterocycles. The molecule has 11 heteroatoms. The minimum absolute atomic E-state index is 0.0218. The molecule has 28 heavy (non-hydrogen) atoms. The van der Waals surface area contributed by atoms with E-state index in [0.29, 0.717) is 5.56 Å². The van der Waals surface area contributed by atoms with Crippen LogP contribution in [0.2, 0.25) is 0 Å². The Kier molecular flexibility index (Phi) is 4.85. The van der Waals surface area contributed by atoms with Crippen LogP contribution in [-0.4, -0.2) is 42.4 Å². The molecule has 0 heterocycles. The first-order chi connectivity index (χ1) is 13.0. The van der Waals surface area contributed by atoms with Gasteiger partial charge in [-0.15, -0.1) is 0 Å². The lowest BCUT2D eigenvalue weighted by Crippen LogP contribution is -2.00. The van der Waals surface area contributed by atoms with Gasteiger partial charge in [0.2, 0.25) is 0 Å². The van der Waals surface area contributed by atoms with Crippen molar-refractivity contribution < 1.29 is 36.2 Å². The lowest BCUT2D eigenvalue weighted by atomic mass is 10.1. The third-order valence-electron chi connectivity index (χ3n) is 3.83. The van der Waals surface area contributed by atoms with E-state index in [0.717, 1.165) is 24.3 Å². The molecular weight excluding hydrogens is 410 g/mol. The van der Waals surface area contributed by atoms with Crippen LogP contribution in [0.4, 0.5) is 5.69 Å². The number of benzene rings is 3. The highest BCUT2D eigenvalue weighted by molar-refractivity contribution is 7.86. The Hall–Kier alpha value is -2.99. The van der Waals surface area contributed by atoms with E-state index in [4.69, 9.17) is 0 Å². The summed E-state index contributed by atoms with van der Waals surface area (Å²) < 4.78 is 64.4. The zero-order valence-electron chi connectivity index (χ0n) is 13.9. The van der Waals surface area contributed by atoms with Gasteiger partial charge in [0.1, 0.15) is 11.5 Å². The summed E-state index contributed by atoms with van der Waals surface area (Å²) in [5.41, 5.74) is 0.176. The summed E-state index contributed by atoms with van der Waals surface area (Å²) >= 11 is 0. The molecule has 0 saturated heterocycles. The predicted molar refractivity (Wildman–Crippen MR) is 101 cm³/mol. The number of fused-ring (bicyclic) bond motifs is 1. The van der Waals surface area contributed by atoms with Crippen LogP contribution in [0.25, 0.3) is 10.8 Å². The number of nitrogens with zero attached hydrogens (tertiary/aromatic N) is 1. The van der Waals surface area contributed by atoms with Crippen molar-refractivity contribution in [3.63, 3.8) is 0 Å². The Morgan fingerprint density at radius 2 is 1.36 bits per heavy atom. The van der Waals surface area contributed by atoms with Gasteiger partial charge in [0.15, 0.2) is 0 Å². The van der Waals surface area contributed by atoms with E-state index in [1.165, 1.54) is 18.3 Å². The number of rotatable bonds is 4. The normalized spacial score (nSPS) is 12.6. The van der Waals surface area contributed by atoms with Crippen LogP contribution in [0.1, 0.15) is 5.56 Å². The summed E-state index contributed by atoms with van der Waals surface area (Å²) in [7, 11) is -9.37. The van der Waals surface area contributed by atoms with Crippen LogP contribution >= 0.6 is 0 Å². The second-order valence-electron chi connectivity index (χ2n) is 5.75. The number of phenols is 2. The number of aromatic hydroxyl groups is 2. The van der Waals surface area contributed by atoms with E-state index in [-0.39, 0.29) is 22.2 Å². The van der Waals surface area contributed by atoms with Crippen LogP contribution in [0.5, 0.6) is 11.5 Å². The summed E-state index contributed by atoms with van der Waals surface area (Å²) in [6.07, 6.45) is 1.20. The molecule has 3 aromatic carbocycles. The van der Waals surface area contributed by atoms with Crippen molar-refractivity contribution in [2.45, 2.75) is 9.79 Å². The van der Waals surface area contributed by atoms with Gasteiger partial charge in [-0.25, -0.2) is 0 Å². The highest BCUT2D eigenvalue weighted by Gasteiger charge is 2.19. The Morgan fingerprint density at radius 1 is 0.786 bits per heavy atom. The first-order valence-electron chi connectivity index (χ1n) is 7.54. The van der Waals surface area contributed by atoms with Gasteiger partial charge in [0, 0.05) is 23.2 Å². The van der Waals surface area contributed by atoms with Gasteiger partial charge < -0.3 is 10.2 Å². The number of hydrogen-bond acceptors (Lipinski definition) is 7. The fraction of sp³-hybridized carbons (Fsp3) is 0. The highest BCUT2D eigenvalue weighted by Crippen LogP contribution is 2.38. The number of phenolic OH excluding ortho intramolecular Hbond substituents is 2. The molecule has 0 saturated carbocycles. The highest BCUT2D eigenvalue weighted by atomic mass is 32.2. The Morgan fingerprint density at radius 3 is 1.93 bits per heavy atom. The van der Waals surface area contributed by atoms with Gasteiger partial charge in [-0.2, -0.15) is 16.8 Å². The number of hydrogen-bond donors (Lipinski definition) is 4. The van der Waals surface area contributed by atoms with Gasteiger partial charge in [-0.3, -0.25) is 14.1 Å². The van der Waals surface area contributed by atoms with E-state index in [9.17, 15) is 36.2 Å². The molecule has 0 unspecified atom stereocenters. The smallest absolute Gasteiger partial charge is 0.294 e. The van der Waals surface area contributed by atoms with E-state index in [1.54, 1.807) is 12.1 Å². The van der Waals surface area contributed by atoms with Crippen molar-refractivity contribution in [3.8, 4) is 11.5 Å². The van der Waals surface area contributed by atoms with Crippen molar-refractivity contribution in [3.05, 3.63) is 54.1 Å². The monoisotopic (exact) mass is 423 g/mol. The van der Waals surface area contributed by atoms with Crippen LogP contribution < -0.4 is 0 Å². The molecule has 0 aromatic heterocycles. The first-order valence-corrected chi connectivity index (χ1v) is 10.4. The van der Waals surface area contributed by atoms with Crippen molar-refractivity contribution in [2.24, 2.45) is 4.99 Å². The Balaban J connectivity index is 2.33. The maximum absolute atomic E-state index is 11.6. The average molecular weight is 423 g/mol. The lowest BCUT2D eigenvalue weighted by Gasteiger charge is -2.09. The van der Waals surface area contributed by atoms with Crippen molar-refractivity contribution >= 4 is 42.9 Å². The van der Waals surface area contributed by atoms with E-state index >= 15 is 0 Å². The maximum atomic E-state index is 11.6. The van der Waals surface area contributed by atoms with Gasteiger partial charge in [0.25, 0.3) is 20.2 Å². The fourth-order valence-electron chi connectivity index (χ4n) is 2.55. The minimum atomic E-state index is -4.69. The molecule has 0 radical (unpaired) electrons. The molecule has 0 aliphatic rings. The number of para-hydroxylation sites is 1. The quantitative estimate of drug-likeness (QED) is 0.367. The van der Waals surface area contributed by atoms with E-state index in [1.807, 2.05) is 0 Å². The third kappa shape index (κ3) is 3.97. The van der Waals surface area contributed by atoms with Crippen molar-refractivity contribution in [2.75, 3.05) is 0 Å². The second-order valence-corrected chi connectivity index (χ2v) is 8.59. The van der Waals surface area contributed by atoms with Gasteiger partial charge in [0.05, 0.1) is 15.5 Å².